The van der Waals surface area contributed by atoms with Gasteiger partial charge in [0.25, 0.3) is 0 Å². The summed E-state index contributed by atoms with van der Waals surface area (Å²) in [5, 5.41) is 11.3. The number of nitriles is 1. The van der Waals surface area contributed by atoms with Crippen molar-refractivity contribution in [2.45, 2.75) is 6.54 Å². The van der Waals surface area contributed by atoms with Gasteiger partial charge < -0.3 is 9.73 Å². The van der Waals surface area contributed by atoms with E-state index in [-0.39, 0.29) is 22.5 Å². The van der Waals surface area contributed by atoms with E-state index in [4.69, 9.17) is 9.68 Å². The summed E-state index contributed by atoms with van der Waals surface area (Å²) in [7, 11) is 0. The number of nitrogens with zero attached hydrogens (tertiary/aromatic N) is 1. The van der Waals surface area contributed by atoms with Gasteiger partial charge in [0, 0.05) is 6.07 Å². The van der Waals surface area contributed by atoms with Gasteiger partial charge in [-0.15, -0.1) is 0 Å². The van der Waals surface area contributed by atoms with Crippen molar-refractivity contribution in [3.63, 3.8) is 0 Å². The zero-order valence-electron chi connectivity index (χ0n) is 9.01. The quantitative estimate of drug-likeness (QED) is 0.877. The molecule has 2 rings (SSSR count). The number of furan rings is 1. The van der Waals surface area contributed by atoms with Crippen LogP contribution in [-0.4, -0.2) is 0 Å². The lowest BCUT2D eigenvalue weighted by atomic mass is 10.3. The van der Waals surface area contributed by atoms with Crippen molar-refractivity contribution in [3.8, 4) is 6.07 Å². The van der Waals surface area contributed by atoms with Gasteiger partial charge in [-0.25, -0.2) is 8.78 Å². The molecule has 92 valence electrons. The maximum atomic E-state index is 13.4. The van der Waals surface area contributed by atoms with Crippen molar-refractivity contribution in [2.75, 3.05) is 5.32 Å². The molecule has 0 amide bonds. The number of hydrogen-bond acceptors (Lipinski definition) is 3. The Morgan fingerprint density at radius 1 is 1.28 bits per heavy atom. The minimum atomic E-state index is -0.692. The van der Waals surface area contributed by atoms with Gasteiger partial charge in [-0.2, -0.15) is 5.26 Å². The average Bonchev–Trinajstić information content (AvgIpc) is 2.80. The van der Waals surface area contributed by atoms with Gasteiger partial charge in [-0.3, -0.25) is 0 Å². The predicted molar refractivity (Wildman–Crippen MR) is 64.8 cm³/mol. The minimum absolute atomic E-state index is 0.151. The second-order valence-electron chi connectivity index (χ2n) is 3.48. The molecular weight excluding hydrogens is 306 g/mol. The number of anilines is 1. The highest BCUT2D eigenvalue weighted by Crippen LogP contribution is 2.24. The van der Waals surface area contributed by atoms with Crippen LogP contribution in [0.1, 0.15) is 11.5 Å². The van der Waals surface area contributed by atoms with Crippen molar-refractivity contribution < 1.29 is 13.2 Å². The van der Waals surface area contributed by atoms with Gasteiger partial charge in [-0.05, 0) is 34.1 Å². The average molecular weight is 313 g/mol. The van der Waals surface area contributed by atoms with Crippen LogP contribution in [0.5, 0.6) is 0 Å². The van der Waals surface area contributed by atoms with Gasteiger partial charge in [0.15, 0.2) is 0 Å². The van der Waals surface area contributed by atoms with Crippen molar-refractivity contribution >= 4 is 21.6 Å². The van der Waals surface area contributed by atoms with Crippen molar-refractivity contribution in [3.05, 3.63) is 51.9 Å². The van der Waals surface area contributed by atoms with Crippen LogP contribution in [0, 0.1) is 23.0 Å². The smallest absolute Gasteiger partial charge is 0.203 e. The molecule has 0 aliphatic carbocycles. The van der Waals surface area contributed by atoms with Crippen LogP contribution < -0.4 is 5.32 Å². The van der Waals surface area contributed by atoms with Crippen molar-refractivity contribution in [2.24, 2.45) is 0 Å². The largest absolute Gasteiger partial charge is 0.449 e. The Hall–Kier alpha value is -1.87. The van der Waals surface area contributed by atoms with E-state index in [1.165, 1.54) is 12.1 Å². The van der Waals surface area contributed by atoms with Gasteiger partial charge in [0.2, 0.25) is 5.76 Å². The second kappa shape index (κ2) is 5.19. The molecule has 0 unspecified atom stereocenters. The summed E-state index contributed by atoms with van der Waals surface area (Å²) in [6, 6.07) is 7.07. The number of rotatable bonds is 3. The Labute approximate surface area is 110 Å². The molecule has 1 heterocycles. The van der Waals surface area contributed by atoms with Crippen molar-refractivity contribution in [1.82, 2.24) is 0 Å². The first-order chi connectivity index (χ1) is 8.60. The zero-order valence-corrected chi connectivity index (χ0v) is 10.6. The Balaban J connectivity index is 2.11. The van der Waals surface area contributed by atoms with Crippen LogP contribution in [0.15, 0.2) is 33.2 Å². The van der Waals surface area contributed by atoms with Gasteiger partial charge in [0.1, 0.15) is 23.5 Å². The zero-order chi connectivity index (χ0) is 13.1. The summed E-state index contributed by atoms with van der Waals surface area (Å²) < 4.78 is 31.7. The molecule has 0 aliphatic heterocycles. The van der Waals surface area contributed by atoms with E-state index in [2.05, 4.69) is 21.2 Å². The molecule has 1 aromatic heterocycles. The SMILES string of the molecule is N#Cc1ccc(CNc2cc(Br)c(F)cc2F)o1. The van der Waals surface area contributed by atoms with E-state index >= 15 is 0 Å². The molecule has 0 aliphatic rings. The highest BCUT2D eigenvalue weighted by molar-refractivity contribution is 9.10. The number of benzene rings is 1. The van der Waals surface area contributed by atoms with Crippen LogP contribution in [0.25, 0.3) is 0 Å². The molecule has 0 spiro atoms. The Morgan fingerprint density at radius 3 is 2.72 bits per heavy atom. The number of nitrogens with one attached hydrogen (secondary N) is 1. The highest BCUT2D eigenvalue weighted by atomic mass is 79.9. The van der Waals surface area contributed by atoms with Crippen LogP contribution in [0.3, 0.4) is 0 Å². The first-order valence-electron chi connectivity index (χ1n) is 4.97. The van der Waals surface area contributed by atoms with Crippen LogP contribution in [0.4, 0.5) is 14.5 Å². The lowest BCUT2D eigenvalue weighted by Gasteiger charge is -2.07. The molecule has 6 heteroatoms. The molecule has 0 fully saturated rings. The van der Waals surface area contributed by atoms with E-state index < -0.39 is 11.6 Å². The Bertz CT molecular complexity index is 619. The summed E-state index contributed by atoms with van der Waals surface area (Å²) in [6.07, 6.45) is 0. The first kappa shape index (κ1) is 12.6. The third kappa shape index (κ3) is 2.68. The standard InChI is InChI=1S/C12H7BrF2N2O/c13-9-3-12(11(15)4-10(9)14)17-6-8-2-1-7(5-16)18-8/h1-4,17H,6H2. The fourth-order valence-electron chi connectivity index (χ4n) is 1.37. The van der Waals surface area contributed by atoms with Crippen molar-refractivity contribution in [1.29, 1.82) is 5.26 Å². The molecule has 0 radical (unpaired) electrons. The normalized spacial score (nSPS) is 10.1. The monoisotopic (exact) mass is 312 g/mol. The molecule has 1 aromatic carbocycles. The van der Waals surface area contributed by atoms with E-state index in [1.54, 1.807) is 6.07 Å². The van der Waals surface area contributed by atoms with E-state index in [0.717, 1.165) is 6.07 Å². The molecule has 3 nitrogen and oxygen atoms in total. The number of halogens is 3. The summed E-state index contributed by atoms with van der Waals surface area (Å²) in [5.74, 6) is -0.676. The minimum Gasteiger partial charge on any atom is -0.449 e. The molecule has 18 heavy (non-hydrogen) atoms. The third-order valence-corrected chi connectivity index (χ3v) is 2.84. The summed E-state index contributed by atoms with van der Waals surface area (Å²) in [5.41, 5.74) is 0.151. The van der Waals surface area contributed by atoms with Crippen LogP contribution in [-0.2, 0) is 6.54 Å². The maximum Gasteiger partial charge on any atom is 0.203 e. The fourth-order valence-corrected chi connectivity index (χ4v) is 1.72. The molecule has 0 saturated heterocycles. The Kier molecular flexibility index (Phi) is 3.63. The molecule has 0 saturated carbocycles. The molecule has 1 N–H and O–H groups in total. The van der Waals surface area contributed by atoms with Gasteiger partial charge >= 0.3 is 0 Å². The van der Waals surface area contributed by atoms with Crippen LogP contribution in [0.2, 0.25) is 0 Å². The first-order valence-corrected chi connectivity index (χ1v) is 5.76. The molecule has 2 aromatic rings. The molecule has 0 bridgehead atoms. The van der Waals surface area contributed by atoms with E-state index in [0.29, 0.717) is 5.76 Å². The molecule has 0 atom stereocenters. The molecular formula is C12H7BrF2N2O. The summed E-state index contributed by atoms with van der Waals surface area (Å²) >= 11 is 2.97. The van der Waals surface area contributed by atoms with E-state index in [1.807, 2.05) is 6.07 Å². The maximum absolute atomic E-state index is 13.4. The van der Waals surface area contributed by atoms with Gasteiger partial charge in [0.05, 0.1) is 16.7 Å². The summed E-state index contributed by atoms with van der Waals surface area (Å²) in [6.45, 7) is 0.205. The second-order valence-corrected chi connectivity index (χ2v) is 4.33. The topological polar surface area (TPSA) is 49.0 Å². The Morgan fingerprint density at radius 2 is 2.06 bits per heavy atom. The van der Waals surface area contributed by atoms with Crippen LogP contribution >= 0.6 is 15.9 Å². The highest BCUT2D eigenvalue weighted by Gasteiger charge is 2.08. The lowest BCUT2D eigenvalue weighted by Crippen LogP contribution is -2.01. The summed E-state index contributed by atoms with van der Waals surface area (Å²) in [4.78, 5) is 0. The lowest BCUT2D eigenvalue weighted by molar-refractivity contribution is 0.505. The van der Waals surface area contributed by atoms with Gasteiger partial charge in [-0.1, -0.05) is 0 Å². The predicted octanol–water partition coefficient (Wildman–Crippen LogP) is 3.80. The number of hydrogen-bond donors (Lipinski definition) is 1. The third-order valence-electron chi connectivity index (χ3n) is 2.23. The van der Waals surface area contributed by atoms with E-state index in [9.17, 15) is 8.78 Å². The fraction of sp³-hybridized carbons (Fsp3) is 0.0833.